The molecule has 1 aliphatic rings. The van der Waals surface area contributed by atoms with Gasteiger partial charge in [0, 0.05) is 5.92 Å². The van der Waals surface area contributed by atoms with Crippen molar-refractivity contribution in [1.29, 1.82) is 0 Å². The molecule has 0 aromatic heterocycles. The third-order valence-electron chi connectivity index (χ3n) is 2.69. The van der Waals surface area contributed by atoms with E-state index in [0.717, 1.165) is 6.42 Å². The van der Waals surface area contributed by atoms with Gasteiger partial charge in [-0.3, -0.25) is 4.79 Å². The van der Waals surface area contributed by atoms with Gasteiger partial charge in [0.2, 0.25) is 0 Å². The van der Waals surface area contributed by atoms with Gasteiger partial charge < -0.3 is 0 Å². The molecule has 0 saturated heterocycles. The Balaban J connectivity index is 2.63. The average Bonchev–Trinajstić information content (AvgIpc) is 1.94. The first kappa shape index (κ1) is 8.51. The lowest BCUT2D eigenvalue weighted by Crippen LogP contribution is -2.20. The molecule has 11 heavy (non-hydrogen) atoms. The van der Waals surface area contributed by atoms with Gasteiger partial charge in [0.05, 0.1) is 0 Å². The van der Waals surface area contributed by atoms with Gasteiger partial charge in [0.25, 0.3) is 0 Å². The summed E-state index contributed by atoms with van der Waals surface area (Å²) in [7, 11) is 0. The predicted octanol–water partition coefficient (Wildman–Crippen LogP) is 2.42. The summed E-state index contributed by atoms with van der Waals surface area (Å²) in [4.78, 5) is 11.0. The highest BCUT2D eigenvalue weighted by Gasteiger charge is 2.21. The fourth-order valence-corrected chi connectivity index (χ4v) is 1.49. The van der Waals surface area contributed by atoms with Crippen LogP contribution in [-0.2, 0) is 4.79 Å². The van der Waals surface area contributed by atoms with Gasteiger partial charge in [-0.15, -0.1) is 0 Å². The van der Waals surface area contributed by atoms with Crippen LogP contribution in [0, 0.1) is 17.8 Å². The Hall–Kier alpha value is -0.590. The Morgan fingerprint density at radius 2 is 2.00 bits per heavy atom. The number of hydrogen-bond donors (Lipinski definition) is 0. The van der Waals surface area contributed by atoms with E-state index in [2.05, 4.69) is 26.0 Å². The monoisotopic (exact) mass is 152 g/mol. The fraction of sp³-hybridized carbons (Fsp3) is 0.700. The standard InChI is InChI=1S/C10H16O/c1-7-4-5-10(9(3)11)6-8(7)2/h4-5,7-8,10H,6H2,1-3H3. The van der Waals surface area contributed by atoms with Crippen molar-refractivity contribution >= 4 is 5.78 Å². The van der Waals surface area contributed by atoms with E-state index in [0.29, 0.717) is 17.6 Å². The molecule has 0 aromatic carbocycles. The molecule has 0 saturated carbocycles. The molecular formula is C10H16O. The van der Waals surface area contributed by atoms with Crippen LogP contribution in [0.5, 0.6) is 0 Å². The molecule has 0 aromatic rings. The molecule has 0 fully saturated rings. The minimum atomic E-state index is 0.196. The first-order valence-electron chi connectivity index (χ1n) is 4.30. The summed E-state index contributed by atoms with van der Waals surface area (Å²) >= 11 is 0. The van der Waals surface area contributed by atoms with Crippen LogP contribution in [-0.4, -0.2) is 5.78 Å². The van der Waals surface area contributed by atoms with Crippen LogP contribution in [0.3, 0.4) is 0 Å². The van der Waals surface area contributed by atoms with Crippen molar-refractivity contribution in [3.8, 4) is 0 Å². The maximum Gasteiger partial charge on any atom is 0.136 e. The molecule has 1 nitrogen and oxygen atoms in total. The highest BCUT2D eigenvalue weighted by molar-refractivity contribution is 5.80. The van der Waals surface area contributed by atoms with Crippen molar-refractivity contribution in [3.63, 3.8) is 0 Å². The molecule has 1 rings (SSSR count). The van der Waals surface area contributed by atoms with Gasteiger partial charge in [-0.05, 0) is 25.2 Å². The number of Topliss-reactive ketones (excluding diaryl/α,β-unsaturated/α-hetero) is 1. The highest BCUT2D eigenvalue weighted by Crippen LogP contribution is 2.27. The SMILES string of the molecule is CC(=O)C1C=CC(C)C(C)C1. The summed E-state index contributed by atoms with van der Waals surface area (Å²) in [5.41, 5.74) is 0. The number of hydrogen-bond acceptors (Lipinski definition) is 1. The molecular weight excluding hydrogens is 136 g/mol. The molecule has 1 aliphatic carbocycles. The molecule has 0 heterocycles. The zero-order valence-corrected chi connectivity index (χ0v) is 7.50. The molecule has 62 valence electrons. The van der Waals surface area contributed by atoms with Crippen molar-refractivity contribution in [1.82, 2.24) is 0 Å². The Labute approximate surface area is 68.5 Å². The van der Waals surface area contributed by atoms with Gasteiger partial charge in [-0.1, -0.05) is 26.0 Å². The van der Waals surface area contributed by atoms with E-state index in [9.17, 15) is 4.79 Å². The van der Waals surface area contributed by atoms with Crippen LogP contribution in [0.1, 0.15) is 27.2 Å². The number of rotatable bonds is 1. The molecule has 3 atom stereocenters. The molecule has 0 amide bonds. The summed E-state index contributed by atoms with van der Waals surface area (Å²) in [5, 5.41) is 0. The largest absolute Gasteiger partial charge is 0.299 e. The zero-order valence-electron chi connectivity index (χ0n) is 7.50. The van der Waals surface area contributed by atoms with Gasteiger partial charge in [-0.2, -0.15) is 0 Å². The second-order valence-electron chi connectivity index (χ2n) is 3.67. The van der Waals surface area contributed by atoms with Crippen LogP contribution in [0.2, 0.25) is 0 Å². The number of allylic oxidation sites excluding steroid dienone is 2. The summed E-state index contributed by atoms with van der Waals surface area (Å²) in [6.07, 6.45) is 5.26. The fourth-order valence-electron chi connectivity index (χ4n) is 1.49. The molecule has 1 heteroatoms. The lowest BCUT2D eigenvalue weighted by Gasteiger charge is -2.25. The van der Waals surface area contributed by atoms with Crippen LogP contribution in [0.4, 0.5) is 0 Å². The Kier molecular flexibility index (Phi) is 2.48. The Bertz CT molecular complexity index is 181. The van der Waals surface area contributed by atoms with Gasteiger partial charge in [0.15, 0.2) is 0 Å². The average molecular weight is 152 g/mol. The van der Waals surface area contributed by atoms with Crippen molar-refractivity contribution in [2.24, 2.45) is 17.8 Å². The third-order valence-corrected chi connectivity index (χ3v) is 2.69. The zero-order chi connectivity index (χ0) is 8.43. The van der Waals surface area contributed by atoms with E-state index in [1.54, 1.807) is 6.92 Å². The Morgan fingerprint density at radius 1 is 1.36 bits per heavy atom. The van der Waals surface area contributed by atoms with Crippen LogP contribution < -0.4 is 0 Å². The second kappa shape index (κ2) is 3.21. The first-order chi connectivity index (χ1) is 5.11. The summed E-state index contributed by atoms with van der Waals surface area (Å²) in [6.45, 7) is 6.10. The molecule has 0 N–H and O–H groups in total. The molecule has 0 bridgehead atoms. The van der Waals surface area contributed by atoms with Crippen molar-refractivity contribution in [2.45, 2.75) is 27.2 Å². The van der Waals surface area contributed by atoms with E-state index >= 15 is 0 Å². The van der Waals surface area contributed by atoms with E-state index in [1.165, 1.54) is 0 Å². The second-order valence-corrected chi connectivity index (χ2v) is 3.67. The lowest BCUT2D eigenvalue weighted by molar-refractivity contribution is -0.120. The van der Waals surface area contributed by atoms with Gasteiger partial charge in [-0.25, -0.2) is 0 Å². The summed E-state index contributed by atoms with van der Waals surface area (Å²) in [5.74, 6) is 1.81. The van der Waals surface area contributed by atoms with E-state index in [4.69, 9.17) is 0 Å². The van der Waals surface area contributed by atoms with Crippen LogP contribution in [0.25, 0.3) is 0 Å². The number of carbonyl (C=O) groups is 1. The van der Waals surface area contributed by atoms with E-state index in [1.807, 2.05) is 0 Å². The van der Waals surface area contributed by atoms with Crippen molar-refractivity contribution < 1.29 is 4.79 Å². The summed E-state index contributed by atoms with van der Waals surface area (Å²) in [6, 6.07) is 0. The van der Waals surface area contributed by atoms with E-state index in [-0.39, 0.29) is 5.92 Å². The predicted molar refractivity (Wildman–Crippen MR) is 46.3 cm³/mol. The topological polar surface area (TPSA) is 17.1 Å². The minimum absolute atomic E-state index is 0.196. The highest BCUT2D eigenvalue weighted by atomic mass is 16.1. The van der Waals surface area contributed by atoms with Crippen molar-refractivity contribution in [3.05, 3.63) is 12.2 Å². The first-order valence-corrected chi connectivity index (χ1v) is 4.30. The minimum Gasteiger partial charge on any atom is -0.299 e. The normalized spacial score (nSPS) is 37.2. The molecule has 3 unspecified atom stereocenters. The van der Waals surface area contributed by atoms with Gasteiger partial charge >= 0.3 is 0 Å². The van der Waals surface area contributed by atoms with Crippen LogP contribution in [0.15, 0.2) is 12.2 Å². The van der Waals surface area contributed by atoms with E-state index < -0.39 is 0 Å². The maximum absolute atomic E-state index is 11.0. The van der Waals surface area contributed by atoms with Gasteiger partial charge in [0.1, 0.15) is 5.78 Å². The summed E-state index contributed by atoms with van der Waals surface area (Å²) < 4.78 is 0. The molecule has 0 spiro atoms. The maximum atomic E-state index is 11.0. The quantitative estimate of drug-likeness (QED) is 0.527. The number of ketones is 1. The smallest absolute Gasteiger partial charge is 0.136 e. The third kappa shape index (κ3) is 1.92. The van der Waals surface area contributed by atoms with Crippen LogP contribution >= 0.6 is 0 Å². The Morgan fingerprint density at radius 3 is 2.45 bits per heavy atom. The molecule has 0 radical (unpaired) electrons. The number of carbonyl (C=O) groups excluding carboxylic acids is 1. The van der Waals surface area contributed by atoms with Crippen molar-refractivity contribution in [2.75, 3.05) is 0 Å². The lowest BCUT2D eigenvalue weighted by atomic mass is 9.80. The molecule has 0 aliphatic heterocycles.